The number of furan rings is 1. The number of rotatable bonds is 6. The first-order valence-electron chi connectivity index (χ1n) is 9.81. The van der Waals surface area contributed by atoms with Crippen molar-refractivity contribution in [2.24, 2.45) is 0 Å². The van der Waals surface area contributed by atoms with Crippen LogP contribution in [0.25, 0.3) is 0 Å². The van der Waals surface area contributed by atoms with Crippen molar-refractivity contribution < 1.29 is 13.9 Å². The van der Waals surface area contributed by atoms with Crippen LogP contribution in [0.3, 0.4) is 0 Å². The Balaban J connectivity index is 1.29. The summed E-state index contributed by atoms with van der Waals surface area (Å²) < 4.78 is 11.4. The number of carbonyl (C=O) groups excluding carboxylic acids is 1. The maximum Gasteiger partial charge on any atom is 0.289 e. The number of benzene rings is 2. The van der Waals surface area contributed by atoms with Gasteiger partial charge in [0, 0.05) is 37.7 Å². The Morgan fingerprint density at radius 3 is 2.33 bits per heavy atom. The third-order valence-electron chi connectivity index (χ3n) is 5.09. The van der Waals surface area contributed by atoms with Crippen LogP contribution >= 0.6 is 23.2 Å². The van der Waals surface area contributed by atoms with E-state index in [-0.39, 0.29) is 12.5 Å². The SMILES string of the molecule is O=C(c1ccc(COc2ccccc2Cl)o1)N1CCN(Cc2ccccc2Cl)CC1. The number of para-hydroxylation sites is 1. The van der Waals surface area contributed by atoms with Crippen molar-refractivity contribution in [2.45, 2.75) is 13.2 Å². The fraction of sp³-hybridized carbons (Fsp3) is 0.261. The molecule has 1 aliphatic heterocycles. The number of carbonyl (C=O) groups is 1. The van der Waals surface area contributed by atoms with Crippen molar-refractivity contribution in [3.63, 3.8) is 0 Å². The van der Waals surface area contributed by atoms with E-state index in [4.69, 9.17) is 32.4 Å². The second kappa shape index (κ2) is 9.56. The summed E-state index contributed by atoms with van der Waals surface area (Å²) in [6.45, 7) is 3.87. The fourth-order valence-corrected chi connectivity index (χ4v) is 3.80. The van der Waals surface area contributed by atoms with E-state index >= 15 is 0 Å². The Morgan fingerprint density at radius 1 is 0.900 bits per heavy atom. The highest BCUT2D eigenvalue weighted by atomic mass is 35.5. The number of piperazine rings is 1. The third kappa shape index (κ3) is 4.98. The quantitative estimate of drug-likeness (QED) is 0.528. The van der Waals surface area contributed by atoms with E-state index in [0.717, 1.165) is 30.2 Å². The highest BCUT2D eigenvalue weighted by molar-refractivity contribution is 6.32. The van der Waals surface area contributed by atoms with Crippen molar-refractivity contribution in [1.29, 1.82) is 0 Å². The second-order valence-corrected chi connectivity index (χ2v) is 7.96. The Hall–Kier alpha value is -2.47. The molecule has 1 aromatic heterocycles. The van der Waals surface area contributed by atoms with Gasteiger partial charge in [0.05, 0.1) is 5.02 Å². The molecule has 0 unspecified atom stereocenters. The van der Waals surface area contributed by atoms with Crippen LogP contribution in [0.4, 0.5) is 0 Å². The minimum Gasteiger partial charge on any atom is -0.484 e. The number of hydrogen-bond acceptors (Lipinski definition) is 4. The molecule has 2 heterocycles. The minimum absolute atomic E-state index is 0.101. The summed E-state index contributed by atoms with van der Waals surface area (Å²) in [6.07, 6.45) is 0. The van der Waals surface area contributed by atoms with Gasteiger partial charge in [-0.1, -0.05) is 53.5 Å². The first-order valence-corrected chi connectivity index (χ1v) is 10.6. The van der Waals surface area contributed by atoms with Crippen molar-refractivity contribution in [3.05, 3.63) is 87.8 Å². The monoisotopic (exact) mass is 444 g/mol. The molecule has 1 saturated heterocycles. The predicted molar refractivity (Wildman–Crippen MR) is 117 cm³/mol. The van der Waals surface area contributed by atoms with E-state index in [1.807, 2.05) is 41.3 Å². The van der Waals surface area contributed by atoms with E-state index in [9.17, 15) is 4.79 Å². The summed E-state index contributed by atoms with van der Waals surface area (Å²) in [4.78, 5) is 16.9. The fourth-order valence-electron chi connectivity index (χ4n) is 3.41. The van der Waals surface area contributed by atoms with Crippen LogP contribution in [0.1, 0.15) is 21.9 Å². The molecular formula is C23H22Cl2N2O3. The van der Waals surface area contributed by atoms with Gasteiger partial charge in [-0.2, -0.15) is 0 Å². The van der Waals surface area contributed by atoms with Crippen LogP contribution in [-0.4, -0.2) is 41.9 Å². The van der Waals surface area contributed by atoms with E-state index in [0.29, 0.717) is 35.4 Å². The lowest BCUT2D eigenvalue weighted by Gasteiger charge is -2.34. The van der Waals surface area contributed by atoms with Crippen molar-refractivity contribution in [1.82, 2.24) is 9.80 Å². The van der Waals surface area contributed by atoms with Crippen LogP contribution in [0.15, 0.2) is 65.1 Å². The first-order chi connectivity index (χ1) is 14.6. The molecule has 1 fully saturated rings. The van der Waals surface area contributed by atoms with Crippen LogP contribution in [0.5, 0.6) is 5.75 Å². The molecule has 0 atom stereocenters. The van der Waals surface area contributed by atoms with Gasteiger partial charge in [-0.15, -0.1) is 0 Å². The predicted octanol–water partition coefficient (Wildman–Crippen LogP) is 5.12. The maximum absolute atomic E-state index is 12.8. The maximum atomic E-state index is 12.8. The Kier molecular flexibility index (Phi) is 6.62. The van der Waals surface area contributed by atoms with Gasteiger partial charge in [0.25, 0.3) is 5.91 Å². The standard InChI is InChI=1S/C23H22Cl2N2O3/c24-19-6-2-1-5-17(19)15-26-11-13-27(14-12-26)23(28)22-10-9-18(30-22)16-29-21-8-4-3-7-20(21)25/h1-10H,11-16H2. The van der Waals surface area contributed by atoms with E-state index in [1.54, 1.807) is 24.3 Å². The largest absolute Gasteiger partial charge is 0.484 e. The molecule has 156 valence electrons. The lowest BCUT2D eigenvalue weighted by atomic mass is 10.2. The van der Waals surface area contributed by atoms with Gasteiger partial charge in [-0.25, -0.2) is 0 Å². The van der Waals surface area contributed by atoms with E-state index in [2.05, 4.69) is 4.90 Å². The zero-order valence-electron chi connectivity index (χ0n) is 16.4. The molecule has 0 aliphatic carbocycles. The Morgan fingerprint density at radius 2 is 1.60 bits per heavy atom. The molecule has 1 aliphatic rings. The van der Waals surface area contributed by atoms with E-state index in [1.165, 1.54) is 0 Å². The molecule has 7 heteroatoms. The average Bonchev–Trinajstić information content (AvgIpc) is 3.24. The van der Waals surface area contributed by atoms with Crippen LogP contribution in [0, 0.1) is 0 Å². The molecule has 1 amide bonds. The van der Waals surface area contributed by atoms with Crippen molar-refractivity contribution >= 4 is 29.1 Å². The first kappa shape index (κ1) is 20.8. The van der Waals surface area contributed by atoms with Gasteiger partial charge in [-0.05, 0) is 35.9 Å². The lowest BCUT2D eigenvalue weighted by molar-refractivity contribution is 0.0594. The summed E-state index contributed by atoms with van der Waals surface area (Å²) in [5.74, 6) is 1.39. The molecule has 0 spiro atoms. The zero-order chi connectivity index (χ0) is 20.9. The smallest absolute Gasteiger partial charge is 0.289 e. The highest BCUT2D eigenvalue weighted by Gasteiger charge is 2.24. The number of hydrogen-bond donors (Lipinski definition) is 0. The van der Waals surface area contributed by atoms with Crippen molar-refractivity contribution in [2.75, 3.05) is 26.2 Å². The van der Waals surface area contributed by atoms with Gasteiger partial charge in [-0.3, -0.25) is 9.69 Å². The van der Waals surface area contributed by atoms with Crippen LogP contribution in [-0.2, 0) is 13.2 Å². The summed E-state index contributed by atoms with van der Waals surface area (Å²) in [6, 6.07) is 18.6. The highest BCUT2D eigenvalue weighted by Crippen LogP contribution is 2.24. The van der Waals surface area contributed by atoms with Gasteiger partial charge in [0.15, 0.2) is 5.76 Å². The van der Waals surface area contributed by atoms with Gasteiger partial charge in [0.2, 0.25) is 0 Å². The number of halogens is 2. The summed E-state index contributed by atoms with van der Waals surface area (Å²) >= 11 is 12.3. The molecule has 4 rings (SSSR count). The van der Waals surface area contributed by atoms with Crippen molar-refractivity contribution in [3.8, 4) is 5.75 Å². The molecular weight excluding hydrogens is 423 g/mol. The molecule has 0 saturated carbocycles. The van der Waals surface area contributed by atoms with Gasteiger partial charge >= 0.3 is 0 Å². The number of ether oxygens (including phenoxy) is 1. The zero-order valence-corrected chi connectivity index (χ0v) is 17.9. The molecule has 2 aromatic carbocycles. The molecule has 0 N–H and O–H groups in total. The van der Waals surface area contributed by atoms with E-state index < -0.39 is 0 Å². The summed E-state index contributed by atoms with van der Waals surface area (Å²) in [5, 5.41) is 1.31. The normalized spacial score (nSPS) is 14.7. The molecule has 3 aromatic rings. The van der Waals surface area contributed by atoms with Crippen LogP contribution < -0.4 is 4.74 Å². The minimum atomic E-state index is -0.101. The number of amides is 1. The molecule has 0 bridgehead atoms. The van der Waals surface area contributed by atoms with Gasteiger partial charge < -0.3 is 14.1 Å². The van der Waals surface area contributed by atoms with Gasteiger partial charge in [0.1, 0.15) is 18.1 Å². The Labute approximate surface area is 185 Å². The topological polar surface area (TPSA) is 45.9 Å². The average molecular weight is 445 g/mol. The second-order valence-electron chi connectivity index (χ2n) is 7.14. The molecule has 30 heavy (non-hydrogen) atoms. The third-order valence-corrected chi connectivity index (χ3v) is 5.77. The lowest BCUT2D eigenvalue weighted by Crippen LogP contribution is -2.48. The summed E-state index contributed by atoms with van der Waals surface area (Å²) in [5.41, 5.74) is 1.10. The number of nitrogens with zero attached hydrogens (tertiary/aromatic N) is 2. The Bertz CT molecular complexity index is 1010. The summed E-state index contributed by atoms with van der Waals surface area (Å²) in [7, 11) is 0. The van der Waals surface area contributed by atoms with Crippen LogP contribution in [0.2, 0.25) is 10.0 Å². The molecule has 5 nitrogen and oxygen atoms in total. The molecule has 0 radical (unpaired) electrons.